The average molecular weight is 986 g/mol. The van der Waals surface area contributed by atoms with Crippen molar-refractivity contribution in [3.05, 3.63) is 140 Å². The molecule has 2 aromatic heterocycles. The third-order valence-corrected chi connectivity index (χ3v) is 12.0. The van der Waals surface area contributed by atoms with E-state index >= 15 is 0 Å². The highest BCUT2D eigenvalue weighted by Gasteiger charge is 2.31. The molecule has 10 rings (SSSR count). The summed E-state index contributed by atoms with van der Waals surface area (Å²) < 4.78 is 24.7. The predicted molar refractivity (Wildman–Crippen MR) is 260 cm³/mol. The number of nitrogens with zero attached hydrogens (tertiary/aromatic N) is 6. The zero-order chi connectivity index (χ0) is 47.2. The predicted octanol–water partition coefficient (Wildman–Crippen LogP) is 7.34. The number of hydrogen-bond donors (Lipinski definition) is 3. The van der Waals surface area contributed by atoms with Crippen LogP contribution in [0.5, 0.6) is 23.0 Å². The molecule has 0 spiro atoms. The van der Waals surface area contributed by atoms with E-state index in [1.807, 2.05) is 41.0 Å². The smallest absolute Gasteiger partial charge is 0.356 e. The van der Waals surface area contributed by atoms with E-state index in [1.165, 1.54) is 16.8 Å². The van der Waals surface area contributed by atoms with Gasteiger partial charge in [0.1, 0.15) is 11.6 Å². The first-order valence-electron chi connectivity index (χ1n) is 21.6. The van der Waals surface area contributed by atoms with Gasteiger partial charge in [-0.15, -0.1) is 0 Å². The Labute approximate surface area is 408 Å². The third kappa shape index (κ3) is 11.4. The van der Waals surface area contributed by atoms with Crippen LogP contribution in [0.25, 0.3) is 0 Å². The lowest BCUT2D eigenvalue weighted by Gasteiger charge is -2.19. The van der Waals surface area contributed by atoms with Gasteiger partial charge in [0.15, 0.2) is 46.0 Å². The summed E-state index contributed by atoms with van der Waals surface area (Å²) in [5, 5.41) is 13.4. The van der Waals surface area contributed by atoms with Crippen molar-refractivity contribution in [2.75, 3.05) is 37.5 Å². The monoisotopic (exact) mass is 984 g/mol. The molecule has 4 aliphatic rings. The van der Waals surface area contributed by atoms with Crippen molar-refractivity contribution in [1.82, 2.24) is 24.4 Å². The van der Waals surface area contributed by atoms with E-state index in [0.29, 0.717) is 77.2 Å². The maximum atomic E-state index is 13.3. The molecule has 4 aliphatic heterocycles. The number of imidazole rings is 2. The minimum atomic E-state index is -1.08. The Hall–Kier alpha value is -7.12. The molecule has 6 N–H and O–H groups in total. The van der Waals surface area contributed by atoms with Crippen molar-refractivity contribution in [1.29, 1.82) is 0 Å². The maximum absolute atomic E-state index is 13.3. The molecule has 0 saturated heterocycles. The number of carboxylic acid groups (broad SMARTS) is 1. The standard InChI is InChI=1S/C24H23ClN4O4.C16H16ClN3O3.C8H9NO2.CH4.H2O/c1-28(24(31)16-5-4-6-17(25)12-16)22-21(29-10-3-2-7-20(29)27-22)23(30)26-13-15-8-9-18-19(11-15)33-14-32-18;1-19(15(21)10-5-4-6-11(17)9-10)14-13(16(22)23)20-8-3-2-7-12(20)18-14;9-4-6-1-2-7-8(3-6)11-5-10-7;;/h4-6,8-9,11-12H,2-3,7,10,13-14H2,1H3,(H,26,30);4-6,9H,2-3,7-8H2,1H3,(H,22,23);1-3H,4-5,9H2;1H4;1H2. The SMILES string of the molecule is C.CN(C(=O)c1cccc(Cl)c1)c1nc2n(c1C(=O)NCc1ccc3c(c1)OCO3)CCCC2.CN(C(=O)c1cccc(Cl)c1)c1nc2n(c1C(=O)O)CCCC2.NCc1ccc2c(c1)OCO2.O. The third-order valence-electron chi connectivity index (χ3n) is 11.5. The minimum absolute atomic E-state index is 0. The summed E-state index contributed by atoms with van der Waals surface area (Å²) in [5.74, 6) is 3.04. The van der Waals surface area contributed by atoms with Gasteiger partial charge in [-0.05, 0) is 97.5 Å². The normalized spacial score (nSPS) is 13.3. The largest absolute Gasteiger partial charge is 0.476 e. The Kier molecular flexibility index (Phi) is 16.9. The number of aromatic carboxylic acids is 1. The number of amides is 3. The fourth-order valence-corrected chi connectivity index (χ4v) is 8.43. The number of aromatic nitrogens is 4. The first-order chi connectivity index (χ1) is 32.4. The second-order valence-electron chi connectivity index (χ2n) is 15.9. The Balaban J connectivity index is 0.000000188. The van der Waals surface area contributed by atoms with Crippen LogP contribution in [0.4, 0.5) is 11.6 Å². The van der Waals surface area contributed by atoms with Crippen LogP contribution in [0.15, 0.2) is 84.9 Å². The lowest BCUT2D eigenvalue weighted by Crippen LogP contribution is -2.32. The molecule has 0 radical (unpaired) electrons. The Morgan fingerprint density at radius 3 is 1.62 bits per heavy atom. The molecule has 6 heterocycles. The second kappa shape index (κ2) is 22.8. The van der Waals surface area contributed by atoms with E-state index in [4.69, 9.17) is 47.9 Å². The second-order valence-corrected chi connectivity index (χ2v) is 16.8. The van der Waals surface area contributed by atoms with Gasteiger partial charge in [0.05, 0.1) is 0 Å². The highest BCUT2D eigenvalue weighted by molar-refractivity contribution is 6.31. The molecule has 0 fully saturated rings. The van der Waals surface area contributed by atoms with Crippen molar-refractivity contribution in [3.8, 4) is 23.0 Å². The lowest BCUT2D eigenvalue weighted by molar-refractivity contribution is 0.0684. The van der Waals surface area contributed by atoms with Gasteiger partial charge < -0.3 is 49.7 Å². The van der Waals surface area contributed by atoms with Crippen LogP contribution in [0.3, 0.4) is 0 Å². The fourth-order valence-electron chi connectivity index (χ4n) is 8.05. The summed E-state index contributed by atoms with van der Waals surface area (Å²) in [5.41, 5.74) is 8.68. The number of benzene rings is 4. The molecular formula is C49H54Cl2N8O10. The van der Waals surface area contributed by atoms with Gasteiger partial charge in [0.2, 0.25) is 13.6 Å². The van der Waals surface area contributed by atoms with Gasteiger partial charge in [-0.3, -0.25) is 24.2 Å². The van der Waals surface area contributed by atoms with E-state index in [9.17, 15) is 24.3 Å². The van der Waals surface area contributed by atoms with Crippen LogP contribution in [0.1, 0.15) is 97.6 Å². The number of ether oxygens (including phenoxy) is 4. The molecule has 0 atom stereocenters. The quantitative estimate of drug-likeness (QED) is 0.129. The number of hydrogen-bond acceptors (Lipinski definition) is 11. The summed E-state index contributed by atoms with van der Waals surface area (Å²) in [6.07, 6.45) is 5.33. The average Bonchev–Trinajstić information content (AvgIpc) is 4.17. The van der Waals surface area contributed by atoms with Gasteiger partial charge in [-0.1, -0.05) is 54.9 Å². The van der Waals surface area contributed by atoms with Gasteiger partial charge in [0, 0.05) is 74.3 Å². The molecule has 6 aromatic rings. The number of halogens is 2. The van der Waals surface area contributed by atoms with Crippen molar-refractivity contribution >= 4 is 58.5 Å². The molecule has 364 valence electrons. The van der Waals surface area contributed by atoms with Crippen LogP contribution in [0.2, 0.25) is 10.0 Å². The summed E-state index contributed by atoms with van der Waals surface area (Å²) >= 11 is 12.0. The number of nitrogens with two attached hydrogens (primary N) is 1. The van der Waals surface area contributed by atoms with E-state index in [0.717, 1.165) is 72.8 Å². The number of aryl methyl sites for hydroxylation is 2. The highest BCUT2D eigenvalue weighted by Crippen LogP contribution is 2.34. The first-order valence-corrected chi connectivity index (χ1v) is 22.4. The van der Waals surface area contributed by atoms with E-state index in [2.05, 4.69) is 15.3 Å². The molecule has 0 aliphatic carbocycles. The molecule has 0 unspecified atom stereocenters. The first kappa shape index (κ1) is 51.3. The molecular weight excluding hydrogens is 931 g/mol. The van der Waals surface area contributed by atoms with Crippen molar-refractivity contribution in [2.24, 2.45) is 5.73 Å². The van der Waals surface area contributed by atoms with Crippen LogP contribution in [0, 0.1) is 0 Å². The molecule has 4 aromatic carbocycles. The summed E-state index contributed by atoms with van der Waals surface area (Å²) in [7, 11) is 3.16. The summed E-state index contributed by atoms with van der Waals surface area (Å²) in [6.45, 7) is 2.67. The molecule has 18 nitrogen and oxygen atoms in total. The van der Waals surface area contributed by atoms with Gasteiger partial charge in [-0.2, -0.15) is 0 Å². The zero-order valence-electron chi connectivity index (χ0n) is 37.3. The summed E-state index contributed by atoms with van der Waals surface area (Å²) in [4.78, 5) is 62.5. The number of carboxylic acids is 1. The minimum Gasteiger partial charge on any atom is -0.476 e. The number of carbonyl (C=O) groups excluding carboxylic acids is 3. The number of carbonyl (C=O) groups is 4. The van der Waals surface area contributed by atoms with Gasteiger partial charge in [-0.25, -0.2) is 14.8 Å². The Morgan fingerprint density at radius 2 is 1.13 bits per heavy atom. The van der Waals surface area contributed by atoms with Gasteiger partial charge >= 0.3 is 5.97 Å². The number of rotatable bonds is 9. The summed E-state index contributed by atoms with van der Waals surface area (Å²) in [6, 6.07) is 24.6. The van der Waals surface area contributed by atoms with Gasteiger partial charge in [0.25, 0.3) is 17.7 Å². The van der Waals surface area contributed by atoms with Crippen molar-refractivity contribution < 1.29 is 48.7 Å². The maximum Gasteiger partial charge on any atom is 0.356 e. The van der Waals surface area contributed by atoms with Crippen LogP contribution < -0.4 is 39.8 Å². The van der Waals surface area contributed by atoms with E-state index in [-0.39, 0.29) is 48.9 Å². The zero-order valence-corrected chi connectivity index (χ0v) is 38.8. The van der Waals surface area contributed by atoms with E-state index in [1.54, 1.807) is 60.1 Å². The molecule has 0 bridgehead atoms. The molecule has 0 saturated carbocycles. The molecule has 20 heteroatoms. The van der Waals surface area contributed by atoms with Crippen LogP contribution in [-0.2, 0) is 39.0 Å². The van der Waals surface area contributed by atoms with Crippen molar-refractivity contribution in [2.45, 2.75) is 72.1 Å². The Morgan fingerprint density at radius 1 is 0.667 bits per heavy atom. The van der Waals surface area contributed by atoms with E-state index < -0.39 is 5.97 Å². The number of nitrogens with one attached hydrogen (secondary N) is 1. The molecule has 3 amide bonds. The number of anilines is 2. The van der Waals surface area contributed by atoms with Crippen LogP contribution >= 0.6 is 23.2 Å². The Bertz CT molecular complexity index is 2850. The topological polar surface area (TPSA) is 237 Å². The highest BCUT2D eigenvalue weighted by atomic mass is 35.5. The fraction of sp³-hybridized carbons (Fsp3) is 0.306. The van der Waals surface area contributed by atoms with Crippen LogP contribution in [-0.4, -0.2) is 81.1 Å². The molecule has 69 heavy (non-hydrogen) atoms. The van der Waals surface area contributed by atoms with Crippen molar-refractivity contribution in [3.63, 3.8) is 0 Å². The number of fused-ring (bicyclic) bond motifs is 4. The lowest BCUT2D eigenvalue weighted by atomic mass is 10.1.